The second-order valence-corrected chi connectivity index (χ2v) is 5.18. The first kappa shape index (κ1) is 10.7. The fraction of sp³-hybridized carbons (Fsp3) is 0.357. The van der Waals surface area contributed by atoms with Crippen molar-refractivity contribution in [1.29, 1.82) is 0 Å². The third-order valence-electron chi connectivity index (χ3n) is 4.07. The first-order chi connectivity index (χ1) is 9.33. The van der Waals surface area contributed by atoms with Crippen LogP contribution >= 0.6 is 0 Å². The second kappa shape index (κ2) is 3.91. The Labute approximate surface area is 109 Å². The number of likely N-dealkylation sites (tertiary alicyclic amines) is 1. The number of amides is 1. The number of nitrogens with zero attached hydrogens (tertiary/aromatic N) is 3. The molecule has 4 rings (SSSR count). The first-order valence-corrected chi connectivity index (χ1v) is 6.53. The van der Waals surface area contributed by atoms with Crippen molar-refractivity contribution in [2.24, 2.45) is 5.92 Å². The van der Waals surface area contributed by atoms with Gasteiger partial charge in [-0.3, -0.25) is 4.79 Å². The van der Waals surface area contributed by atoms with E-state index in [2.05, 4.69) is 27.1 Å². The topological polar surface area (TPSA) is 59.2 Å². The molecule has 2 atom stereocenters. The van der Waals surface area contributed by atoms with Crippen molar-refractivity contribution < 1.29 is 9.42 Å². The van der Waals surface area contributed by atoms with Gasteiger partial charge in [-0.1, -0.05) is 12.2 Å². The molecule has 96 valence electrons. The number of hydrogen-bond donors (Lipinski definition) is 0. The van der Waals surface area contributed by atoms with Gasteiger partial charge < -0.3 is 4.90 Å². The Hall–Kier alpha value is -2.17. The van der Waals surface area contributed by atoms with Gasteiger partial charge in [-0.2, -0.15) is 0 Å². The smallest absolute Gasteiger partial charge is 0.254 e. The van der Waals surface area contributed by atoms with Crippen LogP contribution in [0.15, 0.2) is 35.0 Å². The fourth-order valence-electron chi connectivity index (χ4n) is 2.97. The van der Waals surface area contributed by atoms with Gasteiger partial charge >= 0.3 is 0 Å². The highest BCUT2D eigenvalue weighted by molar-refractivity contribution is 5.98. The Kier molecular flexibility index (Phi) is 2.21. The lowest BCUT2D eigenvalue weighted by Gasteiger charge is -2.48. The minimum absolute atomic E-state index is 0.0673. The summed E-state index contributed by atoms with van der Waals surface area (Å²) in [5.41, 5.74) is 1.96. The monoisotopic (exact) mass is 255 g/mol. The number of allylic oxidation sites excluding steroid dienone is 1. The highest BCUT2D eigenvalue weighted by atomic mass is 16.6. The predicted octanol–water partition coefficient (Wildman–Crippen LogP) is 2.01. The van der Waals surface area contributed by atoms with Gasteiger partial charge in [0.1, 0.15) is 11.0 Å². The summed E-state index contributed by atoms with van der Waals surface area (Å²) in [4.78, 5) is 14.4. The number of aromatic nitrogens is 2. The molecule has 0 saturated carbocycles. The summed E-state index contributed by atoms with van der Waals surface area (Å²) in [6, 6.07) is 5.59. The Balaban J connectivity index is 1.63. The molecule has 19 heavy (non-hydrogen) atoms. The van der Waals surface area contributed by atoms with E-state index >= 15 is 0 Å². The zero-order valence-electron chi connectivity index (χ0n) is 10.3. The van der Waals surface area contributed by atoms with Gasteiger partial charge in [0, 0.05) is 18.0 Å². The van der Waals surface area contributed by atoms with Crippen LogP contribution in [0.25, 0.3) is 11.0 Å². The fourth-order valence-corrected chi connectivity index (χ4v) is 2.97. The van der Waals surface area contributed by atoms with Crippen LogP contribution in [-0.2, 0) is 0 Å². The van der Waals surface area contributed by atoms with Crippen molar-refractivity contribution in [3.8, 4) is 0 Å². The van der Waals surface area contributed by atoms with Crippen LogP contribution < -0.4 is 0 Å². The molecule has 1 fully saturated rings. The van der Waals surface area contributed by atoms with Crippen molar-refractivity contribution in [2.45, 2.75) is 18.9 Å². The lowest BCUT2D eigenvalue weighted by atomic mass is 9.80. The molecule has 0 N–H and O–H groups in total. The minimum atomic E-state index is 0.0673. The van der Waals surface area contributed by atoms with Crippen LogP contribution in [0.4, 0.5) is 0 Å². The molecule has 5 nitrogen and oxygen atoms in total. The van der Waals surface area contributed by atoms with Gasteiger partial charge in [0.25, 0.3) is 5.91 Å². The highest BCUT2D eigenvalue weighted by Crippen LogP contribution is 2.34. The number of rotatable bonds is 1. The summed E-state index contributed by atoms with van der Waals surface area (Å²) in [5, 5.41) is 7.52. The van der Waals surface area contributed by atoms with Crippen molar-refractivity contribution in [3.05, 3.63) is 35.9 Å². The van der Waals surface area contributed by atoms with E-state index in [0.29, 0.717) is 22.5 Å². The molecule has 0 bridgehead atoms. The molecule has 5 heteroatoms. The van der Waals surface area contributed by atoms with Gasteiger partial charge in [-0.25, -0.2) is 4.63 Å². The Bertz CT molecular complexity index is 676. The van der Waals surface area contributed by atoms with Crippen molar-refractivity contribution in [1.82, 2.24) is 15.2 Å². The van der Waals surface area contributed by atoms with E-state index in [-0.39, 0.29) is 11.9 Å². The predicted molar refractivity (Wildman–Crippen MR) is 68.5 cm³/mol. The van der Waals surface area contributed by atoms with E-state index in [4.69, 9.17) is 0 Å². The number of carbonyl (C=O) groups excluding carboxylic acids is 1. The van der Waals surface area contributed by atoms with E-state index in [1.54, 1.807) is 18.2 Å². The number of carbonyl (C=O) groups is 1. The maximum Gasteiger partial charge on any atom is 0.254 e. The maximum atomic E-state index is 12.5. The van der Waals surface area contributed by atoms with Crippen molar-refractivity contribution in [3.63, 3.8) is 0 Å². The molecule has 0 radical (unpaired) electrons. The molecule has 1 aliphatic carbocycles. The van der Waals surface area contributed by atoms with Gasteiger partial charge in [-0.05, 0) is 41.4 Å². The normalized spacial score (nSPS) is 25.2. The molecular formula is C14H13N3O2. The van der Waals surface area contributed by atoms with E-state index in [0.717, 1.165) is 13.0 Å². The quantitative estimate of drug-likeness (QED) is 0.731. The third-order valence-corrected chi connectivity index (χ3v) is 4.07. The van der Waals surface area contributed by atoms with Gasteiger partial charge in [-0.15, -0.1) is 0 Å². The molecule has 2 unspecified atom stereocenters. The van der Waals surface area contributed by atoms with Gasteiger partial charge in [0.15, 0.2) is 0 Å². The Morgan fingerprint density at radius 1 is 1.32 bits per heavy atom. The lowest BCUT2D eigenvalue weighted by molar-refractivity contribution is 0.0264. The number of hydrogen-bond acceptors (Lipinski definition) is 4. The SMILES string of the molecule is O=C(c1ccc2nonc2c1)N1CC2CCC=CC21. The van der Waals surface area contributed by atoms with Crippen LogP contribution in [0.3, 0.4) is 0 Å². The molecule has 2 aliphatic rings. The summed E-state index contributed by atoms with van der Waals surface area (Å²) >= 11 is 0. The molecule has 0 spiro atoms. The second-order valence-electron chi connectivity index (χ2n) is 5.18. The molecule has 2 heterocycles. The number of fused-ring (bicyclic) bond motifs is 2. The van der Waals surface area contributed by atoms with Crippen molar-refractivity contribution >= 4 is 16.9 Å². The summed E-state index contributed by atoms with van der Waals surface area (Å²) in [5.74, 6) is 0.712. The Morgan fingerprint density at radius 3 is 3.11 bits per heavy atom. The lowest BCUT2D eigenvalue weighted by Crippen LogP contribution is -2.58. The molecule has 1 saturated heterocycles. The molecule has 1 aromatic heterocycles. The standard InChI is InChI=1S/C14H13N3O2/c18-14(17-8-10-3-1-2-4-13(10)17)9-5-6-11-12(7-9)16-19-15-11/h2,4-7,10,13H,1,3,8H2. The Morgan fingerprint density at radius 2 is 2.21 bits per heavy atom. The summed E-state index contributed by atoms with van der Waals surface area (Å²) in [6.45, 7) is 0.864. The maximum absolute atomic E-state index is 12.5. The van der Waals surface area contributed by atoms with Crippen LogP contribution in [0, 0.1) is 5.92 Å². The summed E-state index contributed by atoms with van der Waals surface area (Å²) < 4.78 is 4.65. The zero-order chi connectivity index (χ0) is 12.8. The van der Waals surface area contributed by atoms with Crippen molar-refractivity contribution in [2.75, 3.05) is 6.54 Å². The van der Waals surface area contributed by atoms with E-state index in [9.17, 15) is 4.79 Å². The third kappa shape index (κ3) is 1.58. The van der Waals surface area contributed by atoms with Crippen LogP contribution in [-0.4, -0.2) is 33.7 Å². The molecule has 1 aromatic carbocycles. The van der Waals surface area contributed by atoms with E-state index in [1.165, 1.54) is 6.42 Å². The van der Waals surface area contributed by atoms with Crippen LogP contribution in [0.2, 0.25) is 0 Å². The highest BCUT2D eigenvalue weighted by Gasteiger charge is 2.41. The van der Waals surface area contributed by atoms with Crippen LogP contribution in [0.5, 0.6) is 0 Å². The van der Waals surface area contributed by atoms with E-state index in [1.807, 2.05) is 4.90 Å². The zero-order valence-corrected chi connectivity index (χ0v) is 10.3. The molecule has 1 amide bonds. The van der Waals surface area contributed by atoms with E-state index < -0.39 is 0 Å². The van der Waals surface area contributed by atoms with Crippen LogP contribution in [0.1, 0.15) is 23.2 Å². The minimum Gasteiger partial charge on any atom is -0.331 e. The molecule has 2 aromatic rings. The number of benzene rings is 1. The summed E-state index contributed by atoms with van der Waals surface area (Å²) in [7, 11) is 0. The average molecular weight is 255 g/mol. The molecule has 1 aliphatic heterocycles. The average Bonchev–Trinajstić information content (AvgIpc) is 2.87. The summed E-state index contributed by atoms with van der Waals surface area (Å²) in [6.07, 6.45) is 6.66. The molecular weight excluding hydrogens is 242 g/mol. The van der Waals surface area contributed by atoms with Gasteiger partial charge in [0.05, 0.1) is 6.04 Å². The largest absolute Gasteiger partial charge is 0.331 e. The first-order valence-electron chi connectivity index (χ1n) is 6.53. The van der Waals surface area contributed by atoms with Gasteiger partial charge in [0.2, 0.25) is 0 Å².